The molecule has 0 radical (unpaired) electrons. The third-order valence-electron chi connectivity index (χ3n) is 8.74. The Kier molecular flexibility index (Phi) is 32.6. The second-order valence-corrected chi connectivity index (χ2v) is 14.5. The molecule has 0 spiro atoms. The SMILES string of the molecule is CC/C=C\C/C=C\C/C=C\C/C=C\CCCCCCC(=O)OC(COCCC(C(=O)O)[N+](C)(C)C)COC(=O)CCCCCCCCCCCC. The van der Waals surface area contributed by atoms with Crippen molar-refractivity contribution < 1.29 is 38.2 Å². The number of nitrogens with zero attached hydrogens (tertiary/aromatic N) is 1. The van der Waals surface area contributed by atoms with Gasteiger partial charge < -0.3 is 23.8 Å². The number of likely N-dealkylation sites (N-methyl/N-ethyl adjacent to an activating group) is 1. The molecule has 0 aromatic heterocycles. The van der Waals surface area contributed by atoms with Gasteiger partial charge in [-0.05, 0) is 51.4 Å². The molecule has 0 amide bonds. The van der Waals surface area contributed by atoms with Gasteiger partial charge in [-0.1, -0.05) is 133 Å². The molecule has 0 saturated carbocycles. The Balaban J connectivity index is 4.43. The van der Waals surface area contributed by atoms with Crippen molar-refractivity contribution in [2.45, 2.75) is 167 Å². The lowest BCUT2D eigenvalue weighted by atomic mass is 10.1. The molecule has 51 heavy (non-hydrogen) atoms. The topological polar surface area (TPSA) is 99.1 Å². The normalized spacial score (nSPS) is 13.5. The van der Waals surface area contributed by atoms with Gasteiger partial charge in [-0.2, -0.15) is 0 Å². The number of carboxylic acids is 1. The second kappa shape index (κ2) is 34.4. The summed E-state index contributed by atoms with van der Waals surface area (Å²) in [6.45, 7) is 4.57. The van der Waals surface area contributed by atoms with Crippen LogP contribution in [-0.2, 0) is 28.6 Å². The number of aliphatic carboxylic acids is 1. The van der Waals surface area contributed by atoms with Crippen LogP contribution in [0.2, 0.25) is 0 Å². The number of hydrogen-bond donors (Lipinski definition) is 1. The van der Waals surface area contributed by atoms with Crippen molar-refractivity contribution in [3.63, 3.8) is 0 Å². The minimum absolute atomic E-state index is 0.0512. The maximum Gasteiger partial charge on any atom is 0.362 e. The third-order valence-corrected chi connectivity index (χ3v) is 8.74. The highest BCUT2D eigenvalue weighted by Crippen LogP contribution is 2.13. The van der Waals surface area contributed by atoms with Gasteiger partial charge in [-0.15, -0.1) is 0 Å². The minimum Gasteiger partial charge on any atom is -0.477 e. The van der Waals surface area contributed by atoms with Gasteiger partial charge in [0.2, 0.25) is 0 Å². The van der Waals surface area contributed by atoms with Crippen LogP contribution in [0.25, 0.3) is 0 Å². The summed E-state index contributed by atoms with van der Waals surface area (Å²) in [6, 6.07) is -0.618. The zero-order chi connectivity index (χ0) is 37.8. The summed E-state index contributed by atoms with van der Waals surface area (Å²) in [5.74, 6) is -1.50. The molecule has 8 nitrogen and oxygen atoms in total. The summed E-state index contributed by atoms with van der Waals surface area (Å²) >= 11 is 0. The smallest absolute Gasteiger partial charge is 0.362 e. The van der Waals surface area contributed by atoms with Crippen LogP contribution in [0.3, 0.4) is 0 Å². The van der Waals surface area contributed by atoms with E-state index >= 15 is 0 Å². The summed E-state index contributed by atoms with van der Waals surface area (Å²) in [6.07, 6.45) is 38.6. The average Bonchev–Trinajstić information content (AvgIpc) is 3.08. The van der Waals surface area contributed by atoms with E-state index in [1.807, 2.05) is 21.1 Å². The molecule has 1 N–H and O–H groups in total. The molecule has 0 aliphatic carbocycles. The van der Waals surface area contributed by atoms with E-state index in [2.05, 4.69) is 62.5 Å². The lowest BCUT2D eigenvalue weighted by Gasteiger charge is -2.31. The third kappa shape index (κ3) is 32.9. The molecule has 8 heteroatoms. The quantitative estimate of drug-likeness (QED) is 0.0301. The van der Waals surface area contributed by atoms with Crippen LogP contribution in [0.4, 0.5) is 0 Å². The predicted molar refractivity (Wildman–Crippen MR) is 211 cm³/mol. The first-order chi connectivity index (χ1) is 24.6. The Morgan fingerprint density at radius 1 is 0.608 bits per heavy atom. The van der Waals surface area contributed by atoms with Gasteiger partial charge in [-0.25, -0.2) is 4.79 Å². The van der Waals surface area contributed by atoms with Crippen molar-refractivity contribution in [3.8, 4) is 0 Å². The van der Waals surface area contributed by atoms with Crippen molar-refractivity contribution in [2.24, 2.45) is 0 Å². The van der Waals surface area contributed by atoms with E-state index in [-0.39, 0.29) is 36.2 Å². The molecule has 0 aliphatic rings. The van der Waals surface area contributed by atoms with Crippen LogP contribution in [0.15, 0.2) is 48.6 Å². The van der Waals surface area contributed by atoms with Crippen LogP contribution in [0.1, 0.15) is 155 Å². The van der Waals surface area contributed by atoms with Crippen molar-refractivity contribution in [2.75, 3.05) is 41.0 Å². The molecule has 0 rings (SSSR count). The van der Waals surface area contributed by atoms with Gasteiger partial charge >= 0.3 is 17.9 Å². The Labute approximate surface area is 312 Å². The molecule has 0 aromatic carbocycles. The van der Waals surface area contributed by atoms with E-state index in [4.69, 9.17) is 14.2 Å². The predicted octanol–water partition coefficient (Wildman–Crippen LogP) is 10.5. The molecule has 0 heterocycles. The number of ether oxygens (including phenoxy) is 3. The molecule has 294 valence electrons. The molecular formula is C43H76NO7+. The second-order valence-electron chi connectivity index (χ2n) is 14.5. The Bertz CT molecular complexity index is 979. The highest BCUT2D eigenvalue weighted by atomic mass is 16.6. The number of unbranched alkanes of at least 4 members (excludes halogenated alkanes) is 13. The van der Waals surface area contributed by atoms with Crippen LogP contribution >= 0.6 is 0 Å². The maximum absolute atomic E-state index is 12.7. The maximum atomic E-state index is 12.7. The van der Waals surface area contributed by atoms with Crippen molar-refractivity contribution in [1.82, 2.24) is 0 Å². The van der Waals surface area contributed by atoms with E-state index in [1.54, 1.807) is 0 Å². The van der Waals surface area contributed by atoms with Crippen LogP contribution in [-0.4, -0.2) is 80.6 Å². The summed E-state index contributed by atoms with van der Waals surface area (Å²) < 4.78 is 17.2. The van der Waals surface area contributed by atoms with Gasteiger partial charge in [0.05, 0.1) is 34.4 Å². The summed E-state index contributed by atoms with van der Waals surface area (Å²) in [5, 5.41) is 9.59. The number of hydrogen-bond acceptors (Lipinski definition) is 6. The van der Waals surface area contributed by atoms with Gasteiger partial charge in [-0.3, -0.25) is 9.59 Å². The average molecular weight is 719 g/mol. The number of carbonyl (C=O) groups excluding carboxylic acids is 2. The molecule has 0 saturated heterocycles. The van der Waals surface area contributed by atoms with Gasteiger partial charge in [0.15, 0.2) is 12.1 Å². The van der Waals surface area contributed by atoms with Gasteiger partial charge in [0, 0.05) is 19.3 Å². The summed E-state index contributed by atoms with van der Waals surface area (Å²) in [7, 11) is 5.51. The monoisotopic (exact) mass is 719 g/mol. The summed E-state index contributed by atoms with van der Waals surface area (Å²) in [5.41, 5.74) is 0. The number of quaternary nitrogens is 1. The fourth-order valence-corrected chi connectivity index (χ4v) is 5.61. The lowest BCUT2D eigenvalue weighted by molar-refractivity contribution is -0.887. The molecule has 0 fully saturated rings. The van der Waals surface area contributed by atoms with E-state index < -0.39 is 18.1 Å². The lowest BCUT2D eigenvalue weighted by Crippen LogP contribution is -2.50. The Hall–Kier alpha value is -2.71. The van der Waals surface area contributed by atoms with Crippen molar-refractivity contribution >= 4 is 17.9 Å². The van der Waals surface area contributed by atoms with Crippen LogP contribution in [0.5, 0.6) is 0 Å². The van der Waals surface area contributed by atoms with Crippen molar-refractivity contribution in [1.29, 1.82) is 0 Å². The highest BCUT2D eigenvalue weighted by Gasteiger charge is 2.31. The fraction of sp³-hybridized carbons (Fsp3) is 0.744. The van der Waals surface area contributed by atoms with Crippen LogP contribution in [0, 0.1) is 0 Å². The van der Waals surface area contributed by atoms with E-state index in [1.165, 1.54) is 44.9 Å². The number of carbonyl (C=O) groups is 3. The van der Waals surface area contributed by atoms with Gasteiger partial charge in [0.25, 0.3) is 0 Å². The Morgan fingerprint density at radius 2 is 1.10 bits per heavy atom. The van der Waals surface area contributed by atoms with E-state index in [0.717, 1.165) is 77.0 Å². The molecule has 0 aromatic rings. The molecule has 2 unspecified atom stereocenters. The zero-order valence-corrected chi connectivity index (χ0v) is 33.3. The standard InChI is InChI=1S/C43H75NO7/c1-6-8-10-12-14-16-18-19-20-21-22-23-24-26-28-30-32-34-42(46)51-39(37-49-36-35-40(43(47)48)44(3,4)5)38-50-41(45)33-31-29-27-25-17-15-13-11-9-7-2/h8,10,14,16,19-20,22-23,39-40H,6-7,9,11-13,15,17-18,21,24-38H2,1-5H3/p+1/b10-8-,16-14-,20-19-,23-22-. The molecule has 0 aliphatic heterocycles. The first-order valence-electron chi connectivity index (χ1n) is 20.2. The zero-order valence-electron chi connectivity index (χ0n) is 33.3. The number of carboxylic acid groups (broad SMARTS) is 1. The first-order valence-corrected chi connectivity index (χ1v) is 20.2. The number of esters is 2. The van der Waals surface area contributed by atoms with E-state index in [0.29, 0.717) is 19.3 Å². The van der Waals surface area contributed by atoms with Gasteiger partial charge in [0.1, 0.15) is 6.61 Å². The largest absolute Gasteiger partial charge is 0.477 e. The molecular weight excluding hydrogens is 642 g/mol. The minimum atomic E-state index is -0.881. The summed E-state index contributed by atoms with van der Waals surface area (Å²) in [4.78, 5) is 36.8. The van der Waals surface area contributed by atoms with Crippen molar-refractivity contribution in [3.05, 3.63) is 48.6 Å². The van der Waals surface area contributed by atoms with Crippen LogP contribution < -0.4 is 0 Å². The first kappa shape index (κ1) is 48.3. The van der Waals surface area contributed by atoms with E-state index in [9.17, 15) is 19.5 Å². The Morgan fingerprint density at radius 3 is 1.63 bits per heavy atom. The number of rotatable bonds is 35. The fourth-order valence-electron chi connectivity index (χ4n) is 5.61. The molecule has 2 atom stereocenters. The number of allylic oxidation sites excluding steroid dienone is 8. The molecule has 0 bridgehead atoms. The highest BCUT2D eigenvalue weighted by molar-refractivity contribution is 5.72.